The Kier molecular flexibility index (Phi) is 7.10. The third-order valence-corrected chi connectivity index (χ3v) is 6.17. The van der Waals surface area contributed by atoms with Gasteiger partial charge in [0.15, 0.2) is 0 Å². The van der Waals surface area contributed by atoms with E-state index in [0.29, 0.717) is 17.0 Å². The van der Waals surface area contributed by atoms with Gasteiger partial charge in [-0.2, -0.15) is 0 Å². The van der Waals surface area contributed by atoms with E-state index in [9.17, 15) is 4.79 Å². The number of ketones is 1. The monoisotopic (exact) mass is 480 g/mol. The van der Waals surface area contributed by atoms with Gasteiger partial charge in [-0.15, -0.1) is 0 Å². The van der Waals surface area contributed by atoms with E-state index in [2.05, 4.69) is 61.0 Å². The summed E-state index contributed by atoms with van der Waals surface area (Å²) in [5, 5.41) is 0. The van der Waals surface area contributed by atoms with Gasteiger partial charge in [0, 0.05) is 49.5 Å². The molecule has 1 fully saturated rings. The van der Waals surface area contributed by atoms with Crippen LogP contribution in [-0.2, 0) is 6.42 Å². The molecular formula is C25H29BrN4O. The Bertz CT molecular complexity index is 1050. The maximum absolute atomic E-state index is 13.0. The van der Waals surface area contributed by atoms with E-state index in [0.717, 1.165) is 55.9 Å². The van der Waals surface area contributed by atoms with Crippen molar-refractivity contribution < 1.29 is 6.22 Å². The number of aryl methyl sites for hydroxylation is 1. The van der Waals surface area contributed by atoms with Gasteiger partial charge >= 0.3 is 0 Å². The van der Waals surface area contributed by atoms with Crippen LogP contribution in [0.4, 0.5) is 5.82 Å². The minimum atomic E-state index is -0.0903. The van der Waals surface area contributed by atoms with Crippen LogP contribution in [-0.4, -0.2) is 53.4 Å². The van der Waals surface area contributed by atoms with Crippen molar-refractivity contribution in [2.45, 2.75) is 19.8 Å². The summed E-state index contributed by atoms with van der Waals surface area (Å²) in [7, 11) is 0. The third-order valence-electron chi connectivity index (χ3n) is 5.74. The normalized spacial score (nSPS) is 15.0. The first-order valence-electron chi connectivity index (χ1n) is 10.8. The molecule has 1 saturated heterocycles. The van der Waals surface area contributed by atoms with Gasteiger partial charge < -0.3 is 9.80 Å². The molecule has 4 rings (SSSR count). The Labute approximate surface area is 193 Å². The van der Waals surface area contributed by atoms with Crippen molar-refractivity contribution in [2.24, 2.45) is 0 Å². The lowest BCUT2D eigenvalue weighted by molar-refractivity contribution is 0.103. The number of rotatable bonds is 6. The lowest BCUT2D eigenvalue weighted by atomic mass is 10.1. The van der Waals surface area contributed by atoms with Crippen molar-refractivity contribution >= 4 is 27.5 Å². The number of pyridine rings is 2. The van der Waals surface area contributed by atoms with Crippen LogP contribution < -0.4 is 4.90 Å². The zero-order valence-corrected chi connectivity index (χ0v) is 19.4. The van der Waals surface area contributed by atoms with Gasteiger partial charge in [-0.3, -0.25) is 9.78 Å². The molecule has 0 bridgehead atoms. The van der Waals surface area contributed by atoms with E-state index < -0.39 is 0 Å². The summed E-state index contributed by atoms with van der Waals surface area (Å²) in [5.41, 5.74) is 3.14. The highest BCUT2D eigenvalue weighted by atomic mass is 79.9. The molecule has 0 aliphatic carbocycles. The van der Waals surface area contributed by atoms with Crippen LogP contribution in [0.2, 0.25) is 0 Å². The topological polar surface area (TPSA) is 49.3 Å². The van der Waals surface area contributed by atoms with Crippen LogP contribution in [0, 0.1) is 6.92 Å². The molecule has 0 spiro atoms. The molecule has 3 heterocycles. The van der Waals surface area contributed by atoms with Crippen LogP contribution in [0.15, 0.2) is 65.3 Å². The van der Waals surface area contributed by atoms with Gasteiger partial charge in [-0.05, 0) is 66.0 Å². The Morgan fingerprint density at radius 2 is 1.90 bits per heavy atom. The second-order valence-corrected chi connectivity index (χ2v) is 8.83. The number of benzene rings is 1. The molecule has 0 saturated carbocycles. The third kappa shape index (κ3) is 5.57. The maximum Gasteiger partial charge on any atom is 0.213 e. The smallest absolute Gasteiger partial charge is 0.213 e. The molecule has 0 radical (unpaired) electrons. The highest BCUT2D eigenvalue weighted by molar-refractivity contribution is 9.10. The van der Waals surface area contributed by atoms with Crippen molar-refractivity contribution in [3.63, 3.8) is 0 Å². The number of nitrogens with zero attached hydrogens (tertiary/aromatic N) is 4. The van der Waals surface area contributed by atoms with Gasteiger partial charge in [0.05, 0.1) is 0 Å². The summed E-state index contributed by atoms with van der Waals surface area (Å²) in [6, 6.07) is 18.2. The first-order valence-corrected chi connectivity index (χ1v) is 11.5. The first kappa shape index (κ1) is 21.7. The Morgan fingerprint density at radius 1 is 1.06 bits per heavy atom. The number of carbonyl (C=O) groups is 1. The van der Waals surface area contributed by atoms with Crippen molar-refractivity contribution in [1.82, 2.24) is 14.9 Å². The second kappa shape index (κ2) is 10.2. The Morgan fingerprint density at radius 3 is 2.74 bits per heavy atom. The molecule has 0 atom stereocenters. The van der Waals surface area contributed by atoms with Crippen molar-refractivity contribution in [3.8, 4) is 0 Å². The second-order valence-electron chi connectivity index (χ2n) is 7.91. The number of halogens is 1. The molecule has 1 aromatic carbocycles. The van der Waals surface area contributed by atoms with Gasteiger partial charge in [0.25, 0.3) is 0 Å². The summed E-state index contributed by atoms with van der Waals surface area (Å²) in [5.74, 6) is 0.781. The van der Waals surface area contributed by atoms with Crippen molar-refractivity contribution in [2.75, 3.05) is 37.6 Å². The van der Waals surface area contributed by atoms with Crippen LogP contribution in [0.1, 0.15) is 35.2 Å². The van der Waals surface area contributed by atoms with E-state index >= 15 is 0 Å². The quantitative estimate of drug-likeness (QED) is 0.475. The summed E-state index contributed by atoms with van der Waals surface area (Å²) < 4.78 is 0.792. The van der Waals surface area contributed by atoms with Crippen molar-refractivity contribution in [1.29, 1.82) is 0 Å². The molecule has 6 heteroatoms. The summed E-state index contributed by atoms with van der Waals surface area (Å²) >= 11 is 3.41. The standard InChI is InChI=1S/C25H27BrN4O.H2/c1-19-22(17-21(26)18-27-19)25(31)23-9-5-10-24(28-23)30-13-6-12-29(15-16-30)14-11-20-7-3-2-4-8-20;/h2-5,7-10,17-18H,6,11-16H2,1H3;1H. The van der Waals surface area contributed by atoms with E-state index in [1.807, 2.05) is 25.1 Å². The minimum absolute atomic E-state index is 0. The summed E-state index contributed by atoms with van der Waals surface area (Å²) in [6.07, 6.45) is 3.86. The largest absolute Gasteiger partial charge is 0.355 e. The molecule has 162 valence electrons. The van der Waals surface area contributed by atoms with Crippen LogP contribution in [0.5, 0.6) is 0 Å². The minimum Gasteiger partial charge on any atom is -0.355 e. The molecule has 5 nitrogen and oxygen atoms in total. The lowest BCUT2D eigenvalue weighted by Gasteiger charge is -2.23. The Hall–Kier alpha value is -2.57. The number of carbonyl (C=O) groups excluding carboxylic acids is 1. The molecular weight excluding hydrogens is 452 g/mol. The number of hydrogen-bond acceptors (Lipinski definition) is 5. The summed E-state index contributed by atoms with van der Waals surface area (Å²) in [6.45, 7) is 6.87. The molecule has 2 aromatic heterocycles. The maximum atomic E-state index is 13.0. The zero-order valence-electron chi connectivity index (χ0n) is 17.8. The first-order chi connectivity index (χ1) is 15.1. The molecule has 0 unspecified atom stereocenters. The van der Waals surface area contributed by atoms with Gasteiger partial charge in [-0.1, -0.05) is 36.4 Å². The van der Waals surface area contributed by atoms with Gasteiger partial charge in [0.2, 0.25) is 5.78 Å². The predicted molar refractivity (Wildman–Crippen MR) is 130 cm³/mol. The highest BCUT2D eigenvalue weighted by Gasteiger charge is 2.19. The number of hydrogen-bond donors (Lipinski definition) is 0. The van der Waals surface area contributed by atoms with Gasteiger partial charge in [0.1, 0.15) is 11.5 Å². The van der Waals surface area contributed by atoms with Crippen LogP contribution in [0.25, 0.3) is 0 Å². The molecule has 1 aliphatic heterocycles. The predicted octanol–water partition coefficient (Wildman–Crippen LogP) is 4.78. The van der Waals surface area contributed by atoms with Crippen molar-refractivity contribution in [3.05, 3.63) is 87.8 Å². The van der Waals surface area contributed by atoms with Crippen LogP contribution >= 0.6 is 15.9 Å². The fourth-order valence-corrected chi connectivity index (χ4v) is 4.29. The van der Waals surface area contributed by atoms with E-state index in [-0.39, 0.29) is 7.21 Å². The van der Waals surface area contributed by atoms with Gasteiger partial charge in [-0.25, -0.2) is 4.98 Å². The molecule has 31 heavy (non-hydrogen) atoms. The van der Waals surface area contributed by atoms with E-state index in [4.69, 9.17) is 4.98 Å². The fraction of sp³-hybridized carbons (Fsp3) is 0.320. The number of anilines is 1. The van der Waals surface area contributed by atoms with Crippen LogP contribution in [0.3, 0.4) is 0 Å². The summed E-state index contributed by atoms with van der Waals surface area (Å²) in [4.78, 5) is 26.9. The SMILES string of the molecule is Cc1ncc(Br)cc1C(=O)c1cccc(N2CCCN(CCc3ccccc3)CC2)n1.[HH]. The molecule has 1 aliphatic rings. The fourth-order valence-electron chi connectivity index (χ4n) is 3.96. The average Bonchev–Trinajstić information content (AvgIpc) is 3.05. The molecule has 0 amide bonds. The highest BCUT2D eigenvalue weighted by Crippen LogP contribution is 2.20. The average molecular weight is 481 g/mol. The number of aromatic nitrogens is 2. The molecule has 0 N–H and O–H groups in total. The Balaban J connectivity index is 0.00000289. The molecule has 3 aromatic rings. The van der Waals surface area contributed by atoms with E-state index in [1.54, 1.807) is 12.3 Å². The zero-order chi connectivity index (χ0) is 21.6. The van der Waals surface area contributed by atoms with E-state index in [1.165, 1.54) is 5.56 Å². The lowest BCUT2D eigenvalue weighted by Crippen LogP contribution is -2.32.